The van der Waals surface area contributed by atoms with Crippen molar-refractivity contribution in [1.29, 1.82) is 0 Å². The molecule has 2 aromatic rings. The summed E-state index contributed by atoms with van der Waals surface area (Å²) in [4.78, 5) is 27.4. The number of carbonyl (C=O) groups is 2. The van der Waals surface area contributed by atoms with E-state index in [0.29, 0.717) is 12.0 Å². The maximum absolute atomic E-state index is 13.1. The van der Waals surface area contributed by atoms with E-state index in [1.807, 2.05) is 62.4 Å². The second-order valence-corrected chi connectivity index (χ2v) is 6.80. The Morgan fingerprint density at radius 3 is 2.42 bits per heavy atom. The van der Waals surface area contributed by atoms with Crippen LogP contribution in [-0.2, 0) is 15.3 Å². The van der Waals surface area contributed by atoms with E-state index in [2.05, 4.69) is 0 Å². The summed E-state index contributed by atoms with van der Waals surface area (Å²) >= 11 is 0. The summed E-state index contributed by atoms with van der Waals surface area (Å²) in [6, 6.07) is 16.4. The molecule has 1 saturated heterocycles. The Kier molecular flexibility index (Phi) is 3.23. The van der Waals surface area contributed by atoms with E-state index in [4.69, 9.17) is 4.74 Å². The van der Waals surface area contributed by atoms with E-state index in [0.717, 1.165) is 11.1 Å². The normalized spacial score (nSPS) is 25.0. The molecule has 2 atom stereocenters. The molecule has 0 aromatic heterocycles. The molecule has 0 aliphatic carbocycles. The first-order chi connectivity index (χ1) is 11.6. The predicted octanol–water partition coefficient (Wildman–Crippen LogP) is 3.32. The Bertz CT molecular complexity index is 815. The number of rotatable bonds is 3. The summed E-state index contributed by atoms with van der Waals surface area (Å²) in [5.41, 5.74) is 1.04. The molecule has 4 rings (SSSR count). The first kappa shape index (κ1) is 14.9. The summed E-state index contributed by atoms with van der Waals surface area (Å²) < 4.78 is 5.94. The molecule has 4 nitrogen and oxygen atoms in total. The van der Waals surface area contributed by atoms with Gasteiger partial charge in [0.05, 0.1) is 0 Å². The number of esters is 1. The lowest BCUT2D eigenvalue weighted by Gasteiger charge is -2.32. The van der Waals surface area contributed by atoms with Crippen molar-refractivity contribution in [2.45, 2.75) is 32.0 Å². The highest BCUT2D eigenvalue weighted by molar-refractivity contribution is 6.04. The summed E-state index contributed by atoms with van der Waals surface area (Å²) in [6.07, 6.45) is 0.590. The molecule has 0 spiro atoms. The van der Waals surface area contributed by atoms with E-state index >= 15 is 0 Å². The van der Waals surface area contributed by atoms with Crippen LogP contribution < -0.4 is 0 Å². The van der Waals surface area contributed by atoms with Gasteiger partial charge in [-0.1, -0.05) is 62.4 Å². The zero-order chi connectivity index (χ0) is 16.9. The molecule has 2 heterocycles. The van der Waals surface area contributed by atoms with Crippen LogP contribution in [0.3, 0.4) is 0 Å². The van der Waals surface area contributed by atoms with Gasteiger partial charge in [-0.3, -0.25) is 9.69 Å². The molecule has 2 aliphatic heterocycles. The van der Waals surface area contributed by atoms with Gasteiger partial charge in [-0.05, 0) is 18.4 Å². The van der Waals surface area contributed by atoms with Crippen LogP contribution in [0.2, 0.25) is 0 Å². The molecule has 4 heteroatoms. The monoisotopic (exact) mass is 321 g/mol. The minimum Gasteiger partial charge on any atom is -0.428 e. The summed E-state index contributed by atoms with van der Waals surface area (Å²) in [5.74, 6) is -0.174. The fourth-order valence-electron chi connectivity index (χ4n) is 3.82. The predicted molar refractivity (Wildman–Crippen MR) is 89.2 cm³/mol. The molecule has 24 heavy (non-hydrogen) atoms. The number of benzene rings is 2. The molecule has 2 aromatic carbocycles. The van der Waals surface area contributed by atoms with Gasteiger partial charge in [-0.2, -0.15) is 0 Å². The van der Waals surface area contributed by atoms with Crippen molar-refractivity contribution in [1.82, 2.24) is 4.90 Å². The molecule has 0 bridgehead atoms. The quantitative estimate of drug-likeness (QED) is 0.815. The summed E-state index contributed by atoms with van der Waals surface area (Å²) in [6.45, 7) is 4.09. The van der Waals surface area contributed by atoms with Gasteiger partial charge in [-0.15, -0.1) is 0 Å². The Hall–Kier alpha value is -2.62. The molecule has 0 radical (unpaired) electrons. The van der Waals surface area contributed by atoms with Gasteiger partial charge in [-0.25, -0.2) is 4.79 Å². The van der Waals surface area contributed by atoms with Crippen molar-refractivity contribution in [3.05, 3.63) is 71.3 Å². The van der Waals surface area contributed by atoms with Gasteiger partial charge in [0.15, 0.2) is 0 Å². The molecule has 122 valence electrons. The van der Waals surface area contributed by atoms with E-state index in [9.17, 15) is 9.59 Å². The van der Waals surface area contributed by atoms with Crippen LogP contribution >= 0.6 is 0 Å². The van der Waals surface area contributed by atoms with Gasteiger partial charge in [0.25, 0.3) is 5.91 Å². The first-order valence-electron chi connectivity index (χ1n) is 8.27. The fraction of sp³-hybridized carbons (Fsp3) is 0.300. The highest BCUT2D eigenvalue weighted by Crippen LogP contribution is 2.51. The second-order valence-electron chi connectivity index (χ2n) is 6.80. The number of nitrogens with zero attached hydrogens (tertiary/aromatic N) is 1. The fourth-order valence-corrected chi connectivity index (χ4v) is 3.82. The van der Waals surface area contributed by atoms with E-state index in [1.54, 1.807) is 11.0 Å². The molecule has 1 fully saturated rings. The number of ether oxygens (including phenoxy) is 1. The number of carbonyl (C=O) groups excluding carboxylic acids is 2. The Morgan fingerprint density at radius 1 is 1.04 bits per heavy atom. The molecule has 1 amide bonds. The zero-order valence-electron chi connectivity index (χ0n) is 13.7. The van der Waals surface area contributed by atoms with Crippen LogP contribution in [0.1, 0.15) is 41.8 Å². The molecule has 0 N–H and O–H groups in total. The van der Waals surface area contributed by atoms with Crippen molar-refractivity contribution in [2.24, 2.45) is 5.92 Å². The third kappa shape index (κ3) is 1.86. The van der Waals surface area contributed by atoms with Crippen LogP contribution in [-0.4, -0.2) is 22.8 Å². The van der Waals surface area contributed by atoms with Gasteiger partial charge >= 0.3 is 5.97 Å². The highest BCUT2D eigenvalue weighted by atomic mass is 16.6. The smallest absolute Gasteiger partial charge is 0.331 e. The van der Waals surface area contributed by atoms with Crippen molar-refractivity contribution in [3.8, 4) is 0 Å². The largest absolute Gasteiger partial charge is 0.428 e. The number of hydrogen-bond acceptors (Lipinski definition) is 3. The lowest BCUT2D eigenvalue weighted by atomic mass is 9.93. The van der Waals surface area contributed by atoms with Crippen molar-refractivity contribution >= 4 is 11.9 Å². The van der Waals surface area contributed by atoms with Crippen molar-refractivity contribution < 1.29 is 14.3 Å². The molecule has 0 unspecified atom stereocenters. The summed E-state index contributed by atoms with van der Waals surface area (Å²) in [7, 11) is 0. The zero-order valence-corrected chi connectivity index (χ0v) is 13.7. The first-order valence-corrected chi connectivity index (χ1v) is 8.27. The topological polar surface area (TPSA) is 46.6 Å². The number of amides is 1. The maximum Gasteiger partial charge on any atom is 0.331 e. The van der Waals surface area contributed by atoms with Crippen LogP contribution in [0, 0.1) is 5.92 Å². The van der Waals surface area contributed by atoms with Gasteiger partial charge in [0, 0.05) is 16.7 Å². The second kappa shape index (κ2) is 5.20. The SMILES string of the molecule is CC(C)C[C@H]1C(=O)O[C@]2(c3ccccc3)c3ccccc3C(=O)N12. The highest BCUT2D eigenvalue weighted by Gasteiger charge is 2.63. The van der Waals surface area contributed by atoms with Gasteiger partial charge < -0.3 is 4.74 Å². The molecular weight excluding hydrogens is 302 g/mol. The minimum atomic E-state index is -1.13. The third-order valence-electron chi connectivity index (χ3n) is 4.77. The lowest BCUT2D eigenvalue weighted by Crippen LogP contribution is -2.45. The standard InChI is InChI=1S/C20H19NO3/c1-13(2)12-17-19(23)24-20(14-8-4-3-5-9-14)16-11-7-6-10-15(16)18(22)21(17)20/h3-11,13,17H,12H2,1-2H3/t17-,20+/m0/s1. The van der Waals surface area contributed by atoms with Crippen LogP contribution in [0.4, 0.5) is 0 Å². The van der Waals surface area contributed by atoms with Gasteiger partial charge in [0.2, 0.25) is 5.72 Å². The maximum atomic E-state index is 13.1. The van der Waals surface area contributed by atoms with E-state index < -0.39 is 11.8 Å². The van der Waals surface area contributed by atoms with Crippen LogP contribution in [0.15, 0.2) is 54.6 Å². The van der Waals surface area contributed by atoms with Crippen LogP contribution in [0.25, 0.3) is 0 Å². The molecule has 2 aliphatic rings. The number of fused-ring (bicyclic) bond motifs is 3. The lowest BCUT2D eigenvalue weighted by molar-refractivity contribution is -0.148. The average Bonchev–Trinajstić information content (AvgIpc) is 3.01. The average molecular weight is 321 g/mol. The third-order valence-corrected chi connectivity index (χ3v) is 4.77. The van der Waals surface area contributed by atoms with E-state index in [-0.39, 0.29) is 17.8 Å². The Morgan fingerprint density at radius 2 is 1.71 bits per heavy atom. The van der Waals surface area contributed by atoms with E-state index in [1.165, 1.54) is 0 Å². The summed E-state index contributed by atoms with van der Waals surface area (Å²) in [5, 5.41) is 0. The Balaban J connectivity index is 1.96. The van der Waals surface area contributed by atoms with Crippen molar-refractivity contribution in [2.75, 3.05) is 0 Å². The minimum absolute atomic E-state index is 0.133. The molecular formula is C20H19NO3. The van der Waals surface area contributed by atoms with Crippen molar-refractivity contribution in [3.63, 3.8) is 0 Å². The van der Waals surface area contributed by atoms with Crippen LogP contribution in [0.5, 0.6) is 0 Å². The number of hydrogen-bond donors (Lipinski definition) is 0. The Labute approximate surface area is 141 Å². The van der Waals surface area contributed by atoms with Gasteiger partial charge in [0.1, 0.15) is 6.04 Å². The molecule has 0 saturated carbocycles.